The quantitative estimate of drug-likeness (QED) is 0.632. The highest BCUT2D eigenvalue weighted by Gasteiger charge is 2.24. The van der Waals surface area contributed by atoms with E-state index >= 15 is 0 Å². The zero-order valence-electron chi connectivity index (χ0n) is 11.2. The average Bonchev–Trinajstić information content (AvgIpc) is 3.01. The highest BCUT2D eigenvalue weighted by atomic mass is 79.9. The maximum Gasteiger partial charge on any atom is 0.108 e. The molecule has 0 amide bonds. The lowest BCUT2D eigenvalue weighted by Gasteiger charge is -2.18. The molecule has 0 spiro atoms. The average molecular weight is 327 g/mol. The van der Waals surface area contributed by atoms with Gasteiger partial charge in [0.25, 0.3) is 0 Å². The molecule has 0 saturated carbocycles. The predicted molar refractivity (Wildman–Crippen MR) is 77.5 cm³/mol. The summed E-state index contributed by atoms with van der Waals surface area (Å²) < 4.78 is 8.42. The van der Waals surface area contributed by atoms with Crippen molar-refractivity contribution in [3.05, 3.63) is 40.0 Å². The third-order valence-electron chi connectivity index (χ3n) is 3.12. The summed E-state index contributed by atoms with van der Waals surface area (Å²) >= 11 is 3.55. The van der Waals surface area contributed by atoms with Crippen LogP contribution < -0.4 is 11.3 Å². The number of nitrogens with zero attached hydrogens (tertiary/aromatic N) is 2. The molecule has 2 heterocycles. The Morgan fingerprint density at radius 2 is 2.32 bits per heavy atom. The summed E-state index contributed by atoms with van der Waals surface area (Å²) in [5.41, 5.74) is 4.96. The Kier molecular flexibility index (Phi) is 4.79. The Morgan fingerprint density at radius 3 is 2.95 bits per heavy atom. The fourth-order valence-electron chi connectivity index (χ4n) is 2.26. The first-order valence-electron chi connectivity index (χ1n) is 6.46. The van der Waals surface area contributed by atoms with Crippen molar-refractivity contribution < 1.29 is 4.42 Å². The van der Waals surface area contributed by atoms with Gasteiger partial charge >= 0.3 is 0 Å². The first-order chi connectivity index (χ1) is 9.22. The molecule has 0 radical (unpaired) electrons. The van der Waals surface area contributed by atoms with Crippen LogP contribution in [0.3, 0.4) is 0 Å². The number of hydrogen-bond donors (Lipinski definition) is 2. The molecule has 6 heteroatoms. The second kappa shape index (κ2) is 6.36. The minimum atomic E-state index is -0.128. The van der Waals surface area contributed by atoms with Gasteiger partial charge in [0.05, 0.1) is 28.7 Å². The van der Waals surface area contributed by atoms with Gasteiger partial charge in [-0.15, -0.1) is 0 Å². The van der Waals surface area contributed by atoms with Crippen LogP contribution >= 0.6 is 15.9 Å². The van der Waals surface area contributed by atoms with Gasteiger partial charge in [-0.1, -0.05) is 13.8 Å². The summed E-state index contributed by atoms with van der Waals surface area (Å²) in [6, 6.07) is 1.83. The van der Waals surface area contributed by atoms with Gasteiger partial charge in [-0.05, 0) is 28.4 Å². The van der Waals surface area contributed by atoms with E-state index in [0.717, 1.165) is 40.9 Å². The summed E-state index contributed by atoms with van der Waals surface area (Å²) in [5, 5.41) is 4.38. The number of rotatable bonds is 6. The number of hydrogen-bond acceptors (Lipinski definition) is 4. The Morgan fingerprint density at radius 1 is 1.53 bits per heavy atom. The summed E-state index contributed by atoms with van der Waals surface area (Å²) in [4.78, 5) is 0. The molecule has 0 aliphatic heterocycles. The van der Waals surface area contributed by atoms with Crippen molar-refractivity contribution in [3.63, 3.8) is 0 Å². The lowest BCUT2D eigenvalue weighted by molar-refractivity contribution is 0.486. The molecule has 2 aromatic rings. The zero-order valence-corrected chi connectivity index (χ0v) is 12.8. The molecule has 2 rings (SSSR count). The van der Waals surface area contributed by atoms with Gasteiger partial charge in [-0.25, -0.2) is 5.43 Å². The van der Waals surface area contributed by atoms with Crippen LogP contribution in [-0.2, 0) is 13.0 Å². The van der Waals surface area contributed by atoms with Crippen molar-refractivity contribution in [1.82, 2.24) is 15.2 Å². The second-order valence-corrected chi connectivity index (χ2v) is 5.21. The summed E-state index contributed by atoms with van der Waals surface area (Å²) in [5.74, 6) is 6.70. The van der Waals surface area contributed by atoms with Gasteiger partial charge in [-0.3, -0.25) is 10.5 Å². The maximum atomic E-state index is 5.76. The highest BCUT2D eigenvalue weighted by Crippen LogP contribution is 2.31. The standard InChI is InChI=1S/C13H19BrN4O/c1-3-6-18-13(10(14)8-16-18)12(17-15)9-5-7-19-11(9)4-2/h5,7-8,12,17H,3-4,6,15H2,1-2H3. The fourth-order valence-corrected chi connectivity index (χ4v) is 2.79. The lowest BCUT2D eigenvalue weighted by Crippen LogP contribution is -2.31. The van der Waals surface area contributed by atoms with Crippen LogP contribution in [0.4, 0.5) is 0 Å². The Balaban J connectivity index is 2.45. The van der Waals surface area contributed by atoms with Crippen LogP contribution in [0.5, 0.6) is 0 Å². The van der Waals surface area contributed by atoms with E-state index in [1.807, 2.05) is 10.7 Å². The number of nitrogens with two attached hydrogens (primary N) is 1. The molecule has 0 aromatic carbocycles. The van der Waals surface area contributed by atoms with Crippen molar-refractivity contribution in [3.8, 4) is 0 Å². The van der Waals surface area contributed by atoms with E-state index in [9.17, 15) is 0 Å². The van der Waals surface area contributed by atoms with E-state index in [1.54, 1.807) is 12.5 Å². The Labute approximate surface area is 121 Å². The molecule has 2 aromatic heterocycles. The minimum absolute atomic E-state index is 0.128. The molecule has 0 aliphatic rings. The van der Waals surface area contributed by atoms with Crippen LogP contribution in [0.1, 0.15) is 43.3 Å². The van der Waals surface area contributed by atoms with E-state index in [0.29, 0.717) is 0 Å². The molecule has 1 unspecified atom stereocenters. The topological polar surface area (TPSA) is 69.0 Å². The molecular weight excluding hydrogens is 308 g/mol. The first kappa shape index (κ1) is 14.3. The minimum Gasteiger partial charge on any atom is -0.469 e. The largest absolute Gasteiger partial charge is 0.469 e. The molecule has 3 N–H and O–H groups in total. The zero-order chi connectivity index (χ0) is 13.8. The number of halogens is 1. The van der Waals surface area contributed by atoms with Crippen molar-refractivity contribution in [2.45, 2.75) is 39.3 Å². The molecule has 19 heavy (non-hydrogen) atoms. The Bertz CT molecular complexity index is 534. The van der Waals surface area contributed by atoms with Gasteiger partial charge < -0.3 is 4.42 Å². The fraction of sp³-hybridized carbons (Fsp3) is 0.462. The molecule has 0 fully saturated rings. The van der Waals surface area contributed by atoms with Gasteiger partial charge in [0, 0.05) is 18.5 Å². The lowest BCUT2D eigenvalue weighted by atomic mass is 10.0. The molecule has 104 valence electrons. The third-order valence-corrected chi connectivity index (χ3v) is 3.73. The van der Waals surface area contributed by atoms with Crippen LogP contribution in [0.25, 0.3) is 0 Å². The molecular formula is C13H19BrN4O. The molecule has 5 nitrogen and oxygen atoms in total. The summed E-state index contributed by atoms with van der Waals surface area (Å²) in [7, 11) is 0. The van der Waals surface area contributed by atoms with Crippen LogP contribution in [-0.4, -0.2) is 9.78 Å². The maximum absolute atomic E-state index is 5.76. The third kappa shape index (κ3) is 2.75. The Hall–Kier alpha value is -1.11. The van der Waals surface area contributed by atoms with Crippen LogP contribution in [0.15, 0.2) is 27.4 Å². The van der Waals surface area contributed by atoms with Crippen molar-refractivity contribution in [2.75, 3.05) is 0 Å². The van der Waals surface area contributed by atoms with Gasteiger partial charge in [0.15, 0.2) is 0 Å². The SMILES string of the molecule is CCCn1ncc(Br)c1C(NN)c1ccoc1CC. The molecule has 0 aliphatic carbocycles. The highest BCUT2D eigenvalue weighted by molar-refractivity contribution is 9.10. The van der Waals surface area contributed by atoms with E-state index in [-0.39, 0.29) is 6.04 Å². The van der Waals surface area contributed by atoms with Gasteiger partial charge in [-0.2, -0.15) is 5.10 Å². The predicted octanol–water partition coefficient (Wildman–Crippen LogP) is 2.76. The normalized spacial score (nSPS) is 12.8. The number of nitrogens with one attached hydrogen (secondary N) is 1. The summed E-state index contributed by atoms with van der Waals surface area (Å²) in [6.07, 6.45) is 5.36. The van der Waals surface area contributed by atoms with E-state index in [1.165, 1.54) is 0 Å². The number of aromatic nitrogens is 2. The molecule has 0 bridgehead atoms. The van der Waals surface area contributed by atoms with Gasteiger partial charge in [0.1, 0.15) is 5.76 Å². The van der Waals surface area contributed by atoms with Crippen LogP contribution in [0.2, 0.25) is 0 Å². The smallest absolute Gasteiger partial charge is 0.108 e. The van der Waals surface area contributed by atoms with Crippen molar-refractivity contribution in [1.29, 1.82) is 0 Å². The van der Waals surface area contributed by atoms with E-state index in [2.05, 4.69) is 40.3 Å². The second-order valence-electron chi connectivity index (χ2n) is 4.35. The molecule has 0 saturated heterocycles. The van der Waals surface area contributed by atoms with Crippen molar-refractivity contribution >= 4 is 15.9 Å². The number of aryl methyl sites for hydroxylation is 2. The monoisotopic (exact) mass is 326 g/mol. The number of furan rings is 1. The van der Waals surface area contributed by atoms with Gasteiger partial charge in [0.2, 0.25) is 0 Å². The van der Waals surface area contributed by atoms with E-state index < -0.39 is 0 Å². The van der Waals surface area contributed by atoms with E-state index in [4.69, 9.17) is 10.3 Å². The van der Waals surface area contributed by atoms with Crippen molar-refractivity contribution in [2.24, 2.45) is 5.84 Å². The summed E-state index contributed by atoms with van der Waals surface area (Å²) in [6.45, 7) is 5.05. The number of hydrazine groups is 1. The molecule has 1 atom stereocenters. The first-order valence-corrected chi connectivity index (χ1v) is 7.25. The van der Waals surface area contributed by atoms with Crippen LogP contribution in [0, 0.1) is 0 Å².